The molecule has 4 rings (SSSR count). The van der Waals surface area contributed by atoms with Crippen LogP contribution in [0.25, 0.3) is 11.0 Å². The molecule has 7 nitrogen and oxygen atoms in total. The summed E-state index contributed by atoms with van der Waals surface area (Å²) in [6.07, 6.45) is 4.02. The molecule has 3 heterocycles. The summed E-state index contributed by atoms with van der Waals surface area (Å²) in [5, 5.41) is 7.10. The SMILES string of the molecule is Cc1cn[nH]c1C1COCCN1C(=O)CCn1cnc2ccccc21. The number of carbonyl (C=O) groups is 1. The molecule has 1 amide bonds. The summed E-state index contributed by atoms with van der Waals surface area (Å²) in [6.45, 7) is 4.29. The topological polar surface area (TPSA) is 76.0 Å². The number of nitrogens with zero attached hydrogens (tertiary/aromatic N) is 4. The average Bonchev–Trinajstić information content (AvgIpc) is 3.26. The third kappa shape index (κ3) is 3.02. The number of hydrogen-bond acceptors (Lipinski definition) is 4. The van der Waals surface area contributed by atoms with Crippen LogP contribution in [0.15, 0.2) is 36.8 Å². The van der Waals surface area contributed by atoms with Crippen molar-refractivity contribution in [1.29, 1.82) is 0 Å². The molecule has 3 aromatic rings. The molecule has 0 saturated carbocycles. The predicted octanol–water partition coefficient (Wildman–Crippen LogP) is 2.06. The number of nitrogens with one attached hydrogen (secondary N) is 1. The van der Waals surface area contributed by atoms with E-state index in [0.29, 0.717) is 32.7 Å². The van der Waals surface area contributed by atoms with Crippen molar-refractivity contribution in [3.05, 3.63) is 48.0 Å². The van der Waals surface area contributed by atoms with Crippen LogP contribution in [-0.2, 0) is 16.1 Å². The van der Waals surface area contributed by atoms with Crippen LogP contribution < -0.4 is 0 Å². The molecule has 1 fully saturated rings. The minimum atomic E-state index is -0.0942. The molecular weight excluding hydrogens is 318 g/mol. The number of para-hydroxylation sites is 2. The van der Waals surface area contributed by atoms with E-state index in [1.54, 1.807) is 12.5 Å². The molecule has 0 aliphatic carbocycles. The van der Waals surface area contributed by atoms with Crippen molar-refractivity contribution in [3.8, 4) is 0 Å². The third-order valence-corrected chi connectivity index (χ3v) is 4.74. The summed E-state index contributed by atoms with van der Waals surface area (Å²) < 4.78 is 7.62. The van der Waals surface area contributed by atoms with Gasteiger partial charge in [0.2, 0.25) is 5.91 Å². The van der Waals surface area contributed by atoms with E-state index in [9.17, 15) is 4.79 Å². The molecule has 1 unspecified atom stereocenters. The van der Waals surface area contributed by atoms with Crippen molar-refractivity contribution in [3.63, 3.8) is 0 Å². The zero-order valence-electron chi connectivity index (χ0n) is 14.2. The lowest BCUT2D eigenvalue weighted by atomic mass is 10.1. The molecule has 1 N–H and O–H groups in total. The van der Waals surface area contributed by atoms with E-state index in [-0.39, 0.29) is 11.9 Å². The van der Waals surface area contributed by atoms with Crippen LogP contribution in [0.4, 0.5) is 0 Å². The number of aromatic nitrogens is 4. The Morgan fingerprint density at radius 1 is 1.40 bits per heavy atom. The van der Waals surface area contributed by atoms with Crippen LogP contribution in [0.3, 0.4) is 0 Å². The standard InChI is InChI=1S/C18H21N5O2/c1-13-10-20-21-18(13)16-11-25-9-8-23(16)17(24)6-7-22-12-19-14-4-2-3-5-15(14)22/h2-5,10,12,16H,6-9,11H2,1H3,(H,20,21). The number of fused-ring (bicyclic) bond motifs is 1. The highest BCUT2D eigenvalue weighted by atomic mass is 16.5. The van der Waals surface area contributed by atoms with E-state index in [0.717, 1.165) is 22.3 Å². The number of aromatic amines is 1. The molecule has 25 heavy (non-hydrogen) atoms. The fraction of sp³-hybridized carbons (Fsp3) is 0.389. The first-order chi connectivity index (χ1) is 12.2. The Bertz CT molecular complexity index is 884. The number of carbonyl (C=O) groups excluding carboxylic acids is 1. The predicted molar refractivity (Wildman–Crippen MR) is 92.9 cm³/mol. The van der Waals surface area contributed by atoms with E-state index in [1.165, 1.54) is 0 Å². The summed E-state index contributed by atoms with van der Waals surface area (Å²) in [5.41, 5.74) is 4.01. The molecule has 0 spiro atoms. The van der Waals surface area contributed by atoms with Gasteiger partial charge in [-0.2, -0.15) is 5.10 Å². The van der Waals surface area contributed by atoms with Crippen molar-refractivity contribution in [1.82, 2.24) is 24.6 Å². The number of aryl methyl sites for hydroxylation is 2. The normalized spacial score (nSPS) is 18.0. The van der Waals surface area contributed by atoms with Crippen LogP contribution in [0.5, 0.6) is 0 Å². The van der Waals surface area contributed by atoms with E-state index in [2.05, 4.69) is 15.2 Å². The van der Waals surface area contributed by atoms with Crippen LogP contribution in [0.2, 0.25) is 0 Å². The second-order valence-electron chi connectivity index (χ2n) is 6.32. The Morgan fingerprint density at radius 3 is 3.12 bits per heavy atom. The quantitative estimate of drug-likeness (QED) is 0.789. The maximum atomic E-state index is 12.8. The van der Waals surface area contributed by atoms with E-state index >= 15 is 0 Å². The summed E-state index contributed by atoms with van der Waals surface area (Å²) in [5.74, 6) is 0.125. The number of rotatable bonds is 4. The lowest BCUT2D eigenvalue weighted by Crippen LogP contribution is -2.44. The first kappa shape index (κ1) is 15.8. The number of H-pyrrole nitrogens is 1. The summed E-state index contributed by atoms with van der Waals surface area (Å²) in [6, 6.07) is 7.87. The fourth-order valence-electron chi connectivity index (χ4n) is 3.38. The number of morpholine rings is 1. The van der Waals surface area contributed by atoms with Gasteiger partial charge in [-0.25, -0.2) is 4.98 Å². The maximum absolute atomic E-state index is 12.8. The number of hydrogen-bond donors (Lipinski definition) is 1. The van der Waals surface area contributed by atoms with Crippen LogP contribution >= 0.6 is 0 Å². The number of amides is 1. The third-order valence-electron chi connectivity index (χ3n) is 4.74. The van der Waals surface area contributed by atoms with E-state index in [4.69, 9.17) is 4.74 Å². The second-order valence-corrected chi connectivity index (χ2v) is 6.32. The highest BCUT2D eigenvalue weighted by Crippen LogP contribution is 2.25. The molecule has 1 aliphatic rings. The van der Waals surface area contributed by atoms with Gasteiger partial charge in [0, 0.05) is 19.5 Å². The summed E-state index contributed by atoms with van der Waals surface area (Å²) in [4.78, 5) is 19.1. The molecule has 0 radical (unpaired) electrons. The molecule has 7 heteroatoms. The first-order valence-electron chi connectivity index (χ1n) is 8.51. The Balaban J connectivity index is 1.48. The largest absolute Gasteiger partial charge is 0.377 e. The first-order valence-corrected chi connectivity index (χ1v) is 8.51. The minimum absolute atomic E-state index is 0.0942. The van der Waals surface area contributed by atoms with Gasteiger partial charge in [0.25, 0.3) is 0 Å². The van der Waals surface area contributed by atoms with Crippen molar-refractivity contribution in [2.75, 3.05) is 19.8 Å². The van der Waals surface area contributed by atoms with Gasteiger partial charge in [-0.3, -0.25) is 9.89 Å². The van der Waals surface area contributed by atoms with Gasteiger partial charge in [-0.15, -0.1) is 0 Å². The molecule has 1 aromatic carbocycles. The van der Waals surface area contributed by atoms with Crippen molar-refractivity contribution < 1.29 is 9.53 Å². The summed E-state index contributed by atoms with van der Waals surface area (Å²) >= 11 is 0. The van der Waals surface area contributed by atoms with Crippen LogP contribution in [0.1, 0.15) is 23.7 Å². The van der Waals surface area contributed by atoms with E-state index < -0.39 is 0 Å². The Morgan fingerprint density at radius 2 is 2.28 bits per heavy atom. The zero-order valence-corrected chi connectivity index (χ0v) is 14.2. The van der Waals surface area contributed by atoms with Crippen molar-refractivity contribution >= 4 is 16.9 Å². The Labute approximate surface area is 145 Å². The lowest BCUT2D eigenvalue weighted by Gasteiger charge is -2.35. The second kappa shape index (κ2) is 6.68. The Kier molecular flexibility index (Phi) is 4.23. The van der Waals surface area contributed by atoms with Gasteiger partial charge in [-0.1, -0.05) is 12.1 Å². The zero-order chi connectivity index (χ0) is 17.2. The lowest BCUT2D eigenvalue weighted by molar-refractivity contribution is -0.140. The van der Waals surface area contributed by atoms with Crippen LogP contribution in [-0.4, -0.2) is 50.3 Å². The smallest absolute Gasteiger partial charge is 0.225 e. The molecule has 130 valence electrons. The molecule has 1 saturated heterocycles. The minimum Gasteiger partial charge on any atom is -0.377 e. The number of imidazole rings is 1. The monoisotopic (exact) mass is 339 g/mol. The van der Waals surface area contributed by atoms with Gasteiger partial charge in [0.1, 0.15) is 0 Å². The van der Waals surface area contributed by atoms with Gasteiger partial charge < -0.3 is 14.2 Å². The molecule has 2 aromatic heterocycles. The number of benzene rings is 1. The van der Waals surface area contributed by atoms with Crippen LogP contribution in [0, 0.1) is 6.92 Å². The van der Waals surface area contributed by atoms with Gasteiger partial charge in [0.15, 0.2) is 0 Å². The molecule has 1 atom stereocenters. The molecule has 1 aliphatic heterocycles. The van der Waals surface area contributed by atoms with Gasteiger partial charge >= 0.3 is 0 Å². The highest BCUT2D eigenvalue weighted by Gasteiger charge is 2.30. The highest BCUT2D eigenvalue weighted by molar-refractivity contribution is 5.78. The maximum Gasteiger partial charge on any atom is 0.225 e. The Hall–Kier alpha value is -2.67. The van der Waals surface area contributed by atoms with Gasteiger partial charge in [-0.05, 0) is 24.6 Å². The molecule has 0 bridgehead atoms. The van der Waals surface area contributed by atoms with E-state index in [1.807, 2.05) is 40.7 Å². The fourth-order valence-corrected chi connectivity index (χ4v) is 3.38. The summed E-state index contributed by atoms with van der Waals surface area (Å²) in [7, 11) is 0. The van der Waals surface area contributed by atoms with Gasteiger partial charge in [0.05, 0.1) is 48.5 Å². The molecular formula is C18H21N5O2. The average molecular weight is 339 g/mol. The van der Waals surface area contributed by atoms with Crippen molar-refractivity contribution in [2.24, 2.45) is 0 Å². The van der Waals surface area contributed by atoms with Crippen molar-refractivity contribution in [2.45, 2.75) is 25.9 Å². The number of ether oxygens (including phenoxy) is 1.